The zero-order chi connectivity index (χ0) is 20.6. The second-order valence-corrected chi connectivity index (χ2v) is 7.68. The molecule has 0 aliphatic carbocycles. The maximum absolute atomic E-state index is 12.6. The topological polar surface area (TPSA) is 82.3 Å². The summed E-state index contributed by atoms with van der Waals surface area (Å²) in [5.74, 6) is 0.771. The van der Waals surface area contributed by atoms with Gasteiger partial charge in [-0.1, -0.05) is 39.0 Å². The monoisotopic (exact) mass is 381 g/mol. The minimum absolute atomic E-state index is 0.195. The average Bonchev–Trinajstić information content (AvgIpc) is 2.65. The molecule has 0 aliphatic rings. The first-order chi connectivity index (χ1) is 13.1. The van der Waals surface area contributed by atoms with Crippen LogP contribution in [0.2, 0.25) is 0 Å². The Hall–Kier alpha value is -3.35. The molecule has 3 aromatic rings. The van der Waals surface area contributed by atoms with Crippen molar-refractivity contribution in [3.05, 3.63) is 63.2 Å². The first-order valence-electron chi connectivity index (χ1n) is 8.87. The molecule has 1 amide bonds. The molecule has 0 aliphatic heterocycles. The third-order valence-corrected chi connectivity index (χ3v) is 4.49. The van der Waals surface area contributed by atoms with Crippen molar-refractivity contribution in [3.8, 4) is 11.5 Å². The molecular formula is C21H23N3O4. The molecule has 1 heterocycles. The molecule has 0 unspecified atom stereocenters. The third kappa shape index (κ3) is 3.55. The summed E-state index contributed by atoms with van der Waals surface area (Å²) in [5.41, 5.74) is -0.436. The molecule has 0 fully saturated rings. The van der Waals surface area contributed by atoms with E-state index in [4.69, 9.17) is 4.74 Å². The fourth-order valence-corrected chi connectivity index (χ4v) is 2.71. The number of aryl methyl sites for hydroxylation is 2. The number of carbonyl (C=O) groups is 1. The molecular weight excluding hydrogens is 358 g/mol. The number of fused-ring (bicyclic) bond motifs is 1. The van der Waals surface area contributed by atoms with Crippen molar-refractivity contribution in [1.29, 1.82) is 0 Å². The van der Waals surface area contributed by atoms with Crippen molar-refractivity contribution in [2.24, 2.45) is 19.5 Å². The van der Waals surface area contributed by atoms with Gasteiger partial charge in [-0.15, -0.1) is 0 Å². The van der Waals surface area contributed by atoms with Gasteiger partial charge in [-0.25, -0.2) is 0 Å². The van der Waals surface area contributed by atoms with Gasteiger partial charge in [0.1, 0.15) is 5.75 Å². The third-order valence-electron chi connectivity index (χ3n) is 4.49. The van der Waals surface area contributed by atoms with Crippen LogP contribution in [0.1, 0.15) is 20.8 Å². The standard InChI is InChI=1S/C21H23N3O4/c1-21(2,3)20(27)22-14-11-15-16(24(5)19(26)18(25)23(15)4)12-17(14)28-13-9-7-6-8-10-13/h6-12H,1-5H3,(H,22,27). The Kier molecular flexibility index (Phi) is 4.85. The fraction of sp³-hybridized carbons (Fsp3) is 0.286. The number of amides is 1. The van der Waals surface area contributed by atoms with E-state index >= 15 is 0 Å². The van der Waals surface area contributed by atoms with Gasteiger partial charge >= 0.3 is 11.1 Å². The van der Waals surface area contributed by atoms with Gasteiger partial charge in [0.25, 0.3) is 0 Å². The second-order valence-electron chi connectivity index (χ2n) is 7.68. The molecule has 1 N–H and O–H groups in total. The zero-order valence-corrected chi connectivity index (χ0v) is 16.6. The predicted molar refractivity (Wildman–Crippen MR) is 109 cm³/mol. The van der Waals surface area contributed by atoms with E-state index in [2.05, 4.69) is 5.32 Å². The molecule has 28 heavy (non-hydrogen) atoms. The number of rotatable bonds is 3. The van der Waals surface area contributed by atoms with Gasteiger partial charge in [-0.2, -0.15) is 0 Å². The minimum Gasteiger partial charge on any atom is -0.455 e. The van der Waals surface area contributed by atoms with Crippen LogP contribution in [0, 0.1) is 5.41 Å². The fourth-order valence-electron chi connectivity index (χ4n) is 2.71. The molecule has 146 valence electrons. The van der Waals surface area contributed by atoms with E-state index in [1.54, 1.807) is 45.0 Å². The Labute approximate surface area is 162 Å². The lowest BCUT2D eigenvalue weighted by molar-refractivity contribution is -0.123. The second kappa shape index (κ2) is 6.99. The van der Waals surface area contributed by atoms with Crippen LogP contribution in [0.15, 0.2) is 52.1 Å². The first kappa shape index (κ1) is 19.4. The Balaban J connectivity index is 2.25. The van der Waals surface area contributed by atoms with E-state index in [1.165, 1.54) is 23.2 Å². The van der Waals surface area contributed by atoms with Gasteiger partial charge in [0.2, 0.25) is 5.91 Å². The number of aromatic nitrogens is 2. The molecule has 2 aromatic carbocycles. The number of carbonyl (C=O) groups excluding carboxylic acids is 1. The maximum Gasteiger partial charge on any atom is 0.316 e. The van der Waals surface area contributed by atoms with Crippen molar-refractivity contribution >= 4 is 22.6 Å². The van der Waals surface area contributed by atoms with Gasteiger partial charge in [-0.05, 0) is 18.2 Å². The molecule has 0 saturated heterocycles. The molecule has 7 nitrogen and oxygen atoms in total. The van der Waals surface area contributed by atoms with Gasteiger partial charge in [0.15, 0.2) is 5.75 Å². The number of nitrogens with one attached hydrogen (secondary N) is 1. The summed E-state index contributed by atoms with van der Waals surface area (Å²) < 4.78 is 8.54. The van der Waals surface area contributed by atoms with Crippen molar-refractivity contribution < 1.29 is 9.53 Å². The summed E-state index contributed by atoms with van der Waals surface area (Å²) in [6.45, 7) is 5.42. The van der Waals surface area contributed by atoms with Gasteiger partial charge in [-0.3, -0.25) is 14.4 Å². The van der Waals surface area contributed by atoms with Gasteiger partial charge in [0, 0.05) is 25.6 Å². The SMILES string of the molecule is Cn1c(=O)c(=O)n(C)c2cc(Oc3ccccc3)c(NC(=O)C(C)(C)C)cc21. The van der Waals surface area contributed by atoms with Crippen molar-refractivity contribution in [2.45, 2.75) is 20.8 Å². The van der Waals surface area contributed by atoms with E-state index in [-0.39, 0.29) is 5.91 Å². The number of nitrogens with zero attached hydrogens (tertiary/aromatic N) is 2. The first-order valence-corrected chi connectivity index (χ1v) is 8.87. The lowest BCUT2D eigenvalue weighted by Gasteiger charge is -2.21. The van der Waals surface area contributed by atoms with Crippen LogP contribution in [0.5, 0.6) is 11.5 Å². The lowest BCUT2D eigenvalue weighted by Crippen LogP contribution is -2.39. The number of hydrogen-bond donors (Lipinski definition) is 1. The Morgan fingerprint density at radius 2 is 1.46 bits per heavy atom. The molecule has 0 atom stereocenters. The number of para-hydroxylation sites is 1. The van der Waals surface area contributed by atoms with Crippen molar-refractivity contribution in [2.75, 3.05) is 5.32 Å². The summed E-state index contributed by atoms with van der Waals surface area (Å²) in [7, 11) is 3.06. The number of benzene rings is 2. The van der Waals surface area contributed by atoms with Crippen LogP contribution in [0.4, 0.5) is 5.69 Å². The van der Waals surface area contributed by atoms with Crippen molar-refractivity contribution in [3.63, 3.8) is 0 Å². The molecule has 3 rings (SSSR count). The predicted octanol–water partition coefficient (Wildman–Crippen LogP) is 3.01. The Morgan fingerprint density at radius 1 is 0.929 bits per heavy atom. The summed E-state index contributed by atoms with van der Waals surface area (Å²) in [4.78, 5) is 36.9. The number of hydrogen-bond acceptors (Lipinski definition) is 4. The van der Waals surface area contributed by atoms with Crippen LogP contribution in [-0.4, -0.2) is 15.0 Å². The molecule has 0 radical (unpaired) electrons. The molecule has 0 spiro atoms. The van der Waals surface area contributed by atoms with E-state index in [1.807, 2.05) is 18.2 Å². The Morgan fingerprint density at radius 3 is 2.00 bits per heavy atom. The van der Waals surface area contributed by atoms with E-state index in [0.717, 1.165) is 0 Å². The maximum atomic E-state index is 12.6. The number of ether oxygens (including phenoxy) is 1. The van der Waals surface area contributed by atoms with Crippen LogP contribution < -0.4 is 21.2 Å². The van der Waals surface area contributed by atoms with Crippen molar-refractivity contribution in [1.82, 2.24) is 9.13 Å². The zero-order valence-electron chi connectivity index (χ0n) is 16.6. The highest BCUT2D eigenvalue weighted by Crippen LogP contribution is 2.34. The average molecular weight is 381 g/mol. The minimum atomic E-state index is -0.639. The summed E-state index contributed by atoms with van der Waals surface area (Å²) in [6, 6.07) is 12.4. The molecule has 7 heteroatoms. The Bertz CT molecular complexity index is 1170. The highest BCUT2D eigenvalue weighted by atomic mass is 16.5. The lowest BCUT2D eigenvalue weighted by atomic mass is 9.95. The van der Waals surface area contributed by atoms with Crippen LogP contribution in [0.25, 0.3) is 11.0 Å². The molecule has 0 saturated carbocycles. The summed E-state index contributed by atoms with van der Waals surface area (Å²) >= 11 is 0. The summed E-state index contributed by atoms with van der Waals surface area (Å²) in [6.07, 6.45) is 0. The smallest absolute Gasteiger partial charge is 0.316 e. The quantitative estimate of drug-likeness (QED) is 0.707. The normalized spacial score (nSPS) is 11.5. The molecule has 1 aromatic heterocycles. The largest absolute Gasteiger partial charge is 0.455 e. The van der Waals surface area contributed by atoms with Crippen LogP contribution in [0.3, 0.4) is 0 Å². The highest BCUT2D eigenvalue weighted by molar-refractivity contribution is 5.98. The van der Waals surface area contributed by atoms with Gasteiger partial charge in [0.05, 0.1) is 16.7 Å². The summed E-state index contributed by atoms with van der Waals surface area (Å²) in [5, 5.41) is 2.88. The van der Waals surface area contributed by atoms with E-state index in [0.29, 0.717) is 28.2 Å². The van der Waals surface area contributed by atoms with Crippen LogP contribution in [-0.2, 0) is 18.9 Å². The number of anilines is 1. The van der Waals surface area contributed by atoms with Crippen LogP contribution >= 0.6 is 0 Å². The van der Waals surface area contributed by atoms with E-state index in [9.17, 15) is 14.4 Å². The molecule has 0 bridgehead atoms. The van der Waals surface area contributed by atoms with E-state index < -0.39 is 16.5 Å². The van der Waals surface area contributed by atoms with Gasteiger partial charge < -0.3 is 19.2 Å². The highest BCUT2D eigenvalue weighted by Gasteiger charge is 2.23.